The van der Waals surface area contributed by atoms with E-state index in [0.29, 0.717) is 58.6 Å². The number of aromatic nitrogens is 4. The van der Waals surface area contributed by atoms with Crippen molar-refractivity contribution in [2.45, 2.75) is 62.8 Å². The number of aromatic amines is 1. The summed E-state index contributed by atoms with van der Waals surface area (Å²) >= 11 is 0. The van der Waals surface area contributed by atoms with Gasteiger partial charge in [-0.3, -0.25) is 10.00 Å². The minimum atomic E-state index is -0.857. The van der Waals surface area contributed by atoms with Crippen LogP contribution in [0.15, 0.2) is 24.3 Å². The van der Waals surface area contributed by atoms with Gasteiger partial charge in [-0.15, -0.1) is 0 Å². The Labute approximate surface area is 236 Å². The smallest absolute Gasteiger partial charge is 0.319 e. The number of aryl methyl sites for hydroxylation is 1. The van der Waals surface area contributed by atoms with E-state index in [-0.39, 0.29) is 23.7 Å². The highest BCUT2D eigenvalue weighted by atomic mass is 19.1. The zero-order chi connectivity index (χ0) is 27.9. The Morgan fingerprint density at radius 2 is 1.95 bits per heavy atom. The van der Waals surface area contributed by atoms with E-state index in [0.717, 1.165) is 56.4 Å². The number of nitrogens with zero attached hydrogens (tertiary/aromatic N) is 5. The van der Waals surface area contributed by atoms with E-state index in [1.807, 2.05) is 25.1 Å². The van der Waals surface area contributed by atoms with Crippen molar-refractivity contribution in [2.24, 2.45) is 0 Å². The average Bonchev–Trinajstić information content (AvgIpc) is 3.70. The number of alkyl halides is 1. The third-order valence-electron chi connectivity index (χ3n) is 9.75. The average molecular weight is 561 g/mol. The van der Waals surface area contributed by atoms with Gasteiger partial charge >= 0.3 is 6.01 Å². The van der Waals surface area contributed by atoms with Crippen molar-refractivity contribution in [3.63, 3.8) is 0 Å². The van der Waals surface area contributed by atoms with Crippen LogP contribution in [0.1, 0.15) is 37.7 Å². The highest BCUT2D eigenvalue weighted by Crippen LogP contribution is 2.42. The fourth-order valence-corrected chi connectivity index (χ4v) is 7.83. The molecule has 11 heteroatoms. The van der Waals surface area contributed by atoms with E-state index in [9.17, 15) is 4.39 Å². The molecule has 0 radical (unpaired) electrons. The summed E-state index contributed by atoms with van der Waals surface area (Å²) in [6.07, 6.45) is 3.72. The van der Waals surface area contributed by atoms with Crippen molar-refractivity contribution < 1.29 is 13.5 Å². The van der Waals surface area contributed by atoms with Gasteiger partial charge in [0.1, 0.15) is 24.1 Å². The molecule has 214 valence electrons. The minimum Gasteiger partial charge on any atom is -0.461 e. The van der Waals surface area contributed by atoms with Gasteiger partial charge in [0.05, 0.1) is 16.4 Å². The molecule has 4 atom stereocenters. The van der Waals surface area contributed by atoms with Gasteiger partial charge in [-0.2, -0.15) is 15.1 Å². The minimum absolute atomic E-state index is 0.135. The van der Waals surface area contributed by atoms with Crippen molar-refractivity contribution >= 4 is 33.4 Å². The van der Waals surface area contributed by atoms with Crippen LogP contribution in [0, 0.1) is 12.7 Å². The molecule has 9 nitrogen and oxygen atoms in total. The molecule has 8 rings (SSSR count). The highest BCUT2D eigenvalue weighted by molar-refractivity contribution is 6.05. The van der Waals surface area contributed by atoms with Gasteiger partial charge in [0.25, 0.3) is 0 Å². The number of H-pyrrole nitrogens is 1. The molecule has 4 fully saturated rings. The van der Waals surface area contributed by atoms with Crippen LogP contribution in [0.25, 0.3) is 32.9 Å². The lowest BCUT2D eigenvalue weighted by Gasteiger charge is -2.34. The largest absolute Gasteiger partial charge is 0.461 e. The second kappa shape index (κ2) is 9.22. The lowest BCUT2D eigenvalue weighted by atomic mass is 9.95. The molecule has 41 heavy (non-hydrogen) atoms. The van der Waals surface area contributed by atoms with Crippen LogP contribution in [0.3, 0.4) is 0 Å². The van der Waals surface area contributed by atoms with Crippen molar-refractivity contribution in [3.05, 3.63) is 35.6 Å². The quantitative estimate of drug-likeness (QED) is 0.335. The Hall–Kier alpha value is -3.57. The maximum atomic E-state index is 16.7. The number of halogens is 2. The number of hydrogen-bond acceptors (Lipinski definition) is 8. The van der Waals surface area contributed by atoms with Crippen LogP contribution in [0.2, 0.25) is 0 Å². The third-order valence-corrected chi connectivity index (χ3v) is 9.75. The number of rotatable bonds is 5. The fourth-order valence-electron chi connectivity index (χ4n) is 7.83. The normalized spacial score (nSPS) is 27.8. The lowest BCUT2D eigenvalue weighted by Crippen LogP contribution is -2.51. The highest BCUT2D eigenvalue weighted by Gasteiger charge is 2.49. The molecule has 4 aliphatic rings. The van der Waals surface area contributed by atoms with Gasteiger partial charge in [-0.1, -0.05) is 12.1 Å². The summed E-state index contributed by atoms with van der Waals surface area (Å²) in [6.45, 7) is 5.12. The van der Waals surface area contributed by atoms with Crippen LogP contribution in [-0.2, 0) is 0 Å². The number of benzene rings is 2. The van der Waals surface area contributed by atoms with Gasteiger partial charge in [0, 0.05) is 54.7 Å². The molecular formula is C30H34F2N8O. The molecule has 2 bridgehead atoms. The molecule has 0 amide bonds. The molecule has 4 N–H and O–H groups in total. The van der Waals surface area contributed by atoms with Crippen LogP contribution in [0.5, 0.6) is 6.01 Å². The van der Waals surface area contributed by atoms with Gasteiger partial charge in [0.15, 0.2) is 11.6 Å². The monoisotopic (exact) mass is 560 g/mol. The number of nitrogens with two attached hydrogens (primary N) is 1. The van der Waals surface area contributed by atoms with Gasteiger partial charge in [-0.05, 0) is 56.8 Å². The molecule has 4 saturated heterocycles. The number of ether oxygens (including phenoxy) is 1. The fraction of sp³-hybridized carbons (Fsp3) is 0.500. The third kappa shape index (κ3) is 3.96. The molecular weight excluding hydrogens is 526 g/mol. The Morgan fingerprint density at radius 3 is 2.78 bits per heavy atom. The first-order valence-electron chi connectivity index (χ1n) is 14.7. The Bertz CT molecular complexity index is 1660. The number of hydrogen-bond donors (Lipinski definition) is 3. The predicted octanol–water partition coefficient (Wildman–Crippen LogP) is 4.10. The first kappa shape index (κ1) is 25.2. The molecule has 0 spiro atoms. The van der Waals surface area contributed by atoms with E-state index in [4.69, 9.17) is 15.5 Å². The molecule has 0 saturated carbocycles. The topological polar surface area (TPSA) is 108 Å². The summed E-state index contributed by atoms with van der Waals surface area (Å²) in [5, 5.41) is 12.1. The summed E-state index contributed by atoms with van der Waals surface area (Å²) in [5.41, 5.74) is 8.81. The van der Waals surface area contributed by atoms with Crippen LogP contribution >= 0.6 is 0 Å². The van der Waals surface area contributed by atoms with Gasteiger partial charge in [-0.25, -0.2) is 8.78 Å². The predicted molar refractivity (Wildman–Crippen MR) is 154 cm³/mol. The molecule has 0 unspecified atom stereocenters. The molecule has 6 heterocycles. The second-order valence-corrected chi connectivity index (χ2v) is 12.3. The first-order chi connectivity index (χ1) is 19.9. The zero-order valence-electron chi connectivity index (χ0n) is 23.1. The van der Waals surface area contributed by atoms with Gasteiger partial charge < -0.3 is 20.7 Å². The summed E-state index contributed by atoms with van der Waals surface area (Å²) in [6, 6.07) is 8.43. The molecule has 2 aromatic heterocycles. The van der Waals surface area contributed by atoms with Crippen LogP contribution in [0.4, 0.5) is 20.4 Å². The molecule has 4 aromatic rings. The Balaban J connectivity index is 1.25. The Morgan fingerprint density at radius 1 is 1.12 bits per heavy atom. The lowest BCUT2D eigenvalue weighted by molar-refractivity contribution is 0.107. The molecule has 4 aliphatic heterocycles. The first-order valence-corrected chi connectivity index (χ1v) is 14.7. The number of nitrogens with one attached hydrogen (secondary N) is 2. The SMILES string of the molecule is Cc1ccc2[nH]nc(N)c2c1-c1ccc2c(N3C[C@H]4CC[C@@H](C3)N4)nc(OC[C@@]34CCCN3C[C@H](F)C4)nc2c1F. The van der Waals surface area contributed by atoms with E-state index >= 15 is 4.39 Å². The maximum absolute atomic E-state index is 16.7. The van der Waals surface area contributed by atoms with Crippen molar-refractivity contribution in [3.8, 4) is 17.1 Å². The standard InChI is InChI=1S/C30H34F2N8O/c1-16-3-8-22-24(27(33)38-37-22)23(16)20-6-7-21-26(25(20)32)35-29(36-28(21)39-13-18-4-5-19(14-39)34-18)41-15-30-9-2-10-40(30)12-17(31)11-30/h3,6-8,17-19,34H,2,4-5,9-15H2,1H3,(H3,33,37,38)/t17-,18-,19+,30+/m1/s1. The van der Waals surface area contributed by atoms with Gasteiger partial charge in [0.2, 0.25) is 0 Å². The summed E-state index contributed by atoms with van der Waals surface area (Å²) < 4.78 is 37.4. The van der Waals surface area contributed by atoms with E-state index in [2.05, 4.69) is 30.3 Å². The Kier molecular flexibility index (Phi) is 5.66. The number of fused-ring (bicyclic) bond motifs is 5. The summed E-state index contributed by atoms with van der Waals surface area (Å²) in [5.74, 6) is 0.558. The van der Waals surface area contributed by atoms with E-state index in [1.165, 1.54) is 0 Å². The van der Waals surface area contributed by atoms with E-state index < -0.39 is 12.0 Å². The van der Waals surface area contributed by atoms with Crippen molar-refractivity contribution in [1.82, 2.24) is 30.4 Å². The van der Waals surface area contributed by atoms with Crippen molar-refractivity contribution in [1.29, 1.82) is 0 Å². The van der Waals surface area contributed by atoms with E-state index in [1.54, 1.807) is 6.07 Å². The zero-order valence-corrected chi connectivity index (χ0v) is 23.1. The number of piperazine rings is 1. The summed E-state index contributed by atoms with van der Waals surface area (Å²) in [7, 11) is 0. The van der Waals surface area contributed by atoms with Crippen molar-refractivity contribution in [2.75, 3.05) is 43.4 Å². The number of anilines is 2. The van der Waals surface area contributed by atoms with Crippen LogP contribution in [-0.4, -0.2) is 81.6 Å². The van der Waals surface area contributed by atoms with Crippen LogP contribution < -0.4 is 20.7 Å². The molecule has 2 aromatic carbocycles. The number of nitrogen functional groups attached to an aromatic ring is 1. The second-order valence-electron chi connectivity index (χ2n) is 12.3. The molecule has 0 aliphatic carbocycles. The summed E-state index contributed by atoms with van der Waals surface area (Å²) in [4.78, 5) is 14.0. The maximum Gasteiger partial charge on any atom is 0.319 e.